The van der Waals surface area contributed by atoms with Gasteiger partial charge in [0.25, 0.3) is 0 Å². The summed E-state index contributed by atoms with van der Waals surface area (Å²) in [6.45, 7) is 0.0990. The molecule has 1 saturated heterocycles. The Hall–Kier alpha value is -1.60. The Morgan fingerprint density at radius 2 is 1.91 bits per heavy atom. The van der Waals surface area contributed by atoms with Crippen molar-refractivity contribution in [3.8, 4) is 0 Å². The highest BCUT2D eigenvalue weighted by atomic mass is 19.4. The van der Waals surface area contributed by atoms with Gasteiger partial charge in [0.1, 0.15) is 5.60 Å². The lowest BCUT2D eigenvalue weighted by Crippen LogP contribution is -2.52. The third kappa shape index (κ3) is 3.98. The summed E-state index contributed by atoms with van der Waals surface area (Å²) >= 11 is 0. The summed E-state index contributed by atoms with van der Waals surface area (Å²) in [5, 5.41) is 19.2. The highest BCUT2D eigenvalue weighted by Crippen LogP contribution is 2.29. The molecule has 0 spiro atoms. The number of alkyl halides is 3. The minimum absolute atomic E-state index is 0.0281. The molecule has 0 radical (unpaired) electrons. The van der Waals surface area contributed by atoms with Crippen molar-refractivity contribution < 1.29 is 28.2 Å². The SMILES string of the molecule is O=C(Cc1ccc(C(F)(F)F)cc1)N1CCC[C@](O)(CO)C1. The van der Waals surface area contributed by atoms with Crippen LogP contribution in [0.5, 0.6) is 0 Å². The van der Waals surface area contributed by atoms with Crippen molar-refractivity contribution >= 4 is 5.91 Å². The largest absolute Gasteiger partial charge is 0.416 e. The number of carbonyl (C=O) groups excluding carboxylic acids is 1. The minimum atomic E-state index is -4.40. The Labute approximate surface area is 126 Å². The number of rotatable bonds is 3. The number of amides is 1. The number of piperidine rings is 1. The van der Waals surface area contributed by atoms with Crippen molar-refractivity contribution in [1.29, 1.82) is 0 Å². The van der Waals surface area contributed by atoms with Gasteiger partial charge in [-0.2, -0.15) is 13.2 Å². The fourth-order valence-corrected chi connectivity index (χ4v) is 2.55. The third-order valence-electron chi connectivity index (χ3n) is 3.84. The van der Waals surface area contributed by atoms with Crippen LogP contribution in [-0.4, -0.2) is 46.3 Å². The monoisotopic (exact) mass is 317 g/mol. The number of aliphatic hydroxyl groups is 2. The molecule has 0 unspecified atom stereocenters. The quantitative estimate of drug-likeness (QED) is 0.890. The van der Waals surface area contributed by atoms with Gasteiger partial charge < -0.3 is 15.1 Å². The van der Waals surface area contributed by atoms with E-state index in [0.29, 0.717) is 24.9 Å². The molecule has 22 heavy (non-hydrogen) atoms. The molecule has 1 aromatic carbocycles. The first-order chi connectivity index (χ1) is 10.2. The molecule has 2 rings (SSSR count). The van der Waals surface area contributed by atoms with E-state index in [0.717, 1.165) is 12.1 Å². The Bertz CT molecular complexity index is 530. The molecule has 0 saturated carbocycles. The second-order valence-electron chi connectivity index (χ2n) is 5.67. The Morgan fingerprint density at radius 1 is 1.27 bits per heavy atom. The van der Waals surface area contributed by atoms with Crippen molar-refractivity contribution in [1.82, 2.24) is 4.90 Å². The molecule has 1 heterocycles. The molecule has 1 atom stereocenters. The predicted molar refractivity (Wildman–Crippen MR) is 73.0 cm³/mol. The maximum atomic E-state index is 12.5. The van der Waals surface area contributed by atoms with Gasteiger partial charge in [-0.3, -0.25) is 4.79 Å². The van der Waals surface area contributed by atoms with Crippen molar-refractivity contribution in [2.75, 3.05) is 19.7 Å². The van der Waals surface area contributed by atoms with Crippen molar-refractivity contribution in [3.63, 3.8) is 0 Å². The summed E-state index contributed by atoms with van der Waals surface area (Å²) in [4.78, 5) is 13.6. The number of hydrogen-bond donors (Lipinski definition) is 2. The van der Waals surface area contributed by atoms with Crippen molar-refractivity contribution in [2.45, 2.75) is 31.0 Å². The number of benzene rings is 1. The molecule has 0 bridgehead atoms. The average molecular weight is 317 g/mol. The normalized spacial score (nSPS) is 22.7. The molecule has 1 amide bonds. The van der Waals surface area contributed by atoms with Gasteiger partial charge >= 0.3 is 6.18 Å². The van der Waals surface area contributed by atoms with E-state index in [1.54, 1.807) is 0 Å². The molecule has 7 heteroatoms. The van der Waals surface area contributed by atoms with Crippen LogP contribution < -0.4 is 0 Å². The van der Waals surface area contributed by atoms with Gasteiger partial charge in [-0.1, -0.05) is 12.1 Å². The zero-order valence-electron chi connectivity index (χ0n) is 11.9. The van der Waals surface area contributed by atoms with Crippen LogP contribution in [0.3, 0.4) is 0 Å². The molecule has 0 aromatic heterocycles. The predicted octanol–water partition coefficient (Wildman–Crippen LogP) is 1.59. The van der Waals surface area contributed by atoms with E-state index in [4.69, 9.17) is 5.11 Å². The summed E-state index contributed by atoms with van der Waals surface area (Å²) in [6, 6.07) is 4.46. The van der Waals surface area contributed by atoms with E-state index in [-0.39, 0.29) is 18.9 Å². The number of aliphatic hydroxyl groups excluding tert-OH is 1. The first kappa shape index (κ1) is 16.8. The topological polar surface area (TPSA) is 60.8 Å². The molecule has 1 fully saturated rings. The van der Waals surface area contributed by atoms with Gasteiger partial charge in [-0.25, -0.2) is 0 Å². The fraction of sp³-hybridized carbons (Fsp3) is 0.533. The minimum Gasteiger partial charge on any atom is -0.393 e. The molecule has 0 aliphatic carbocycles. The Morgan fingerprint density at radius 3 is 2.45 bits per heavy atom. The maximum Gasteiger partial charge on any atom is 0.416 e. The number of nitrogens with zero attached hydrogens (tertiary/aromatic N) is 1. The first-order valence-electron chi connectivity index (χ1n) is 7.01. The molecule has 4 nitrogen and oxygen atoms in total. The highest BCUT2D eigenvalue weighted by molar-refractivity contribution is 5.79. The molecular formula is C15H18F3NO3. The van der Waals surface area contributed by atoms with Crippen LogP contribution in [0.25, 0.3) is 0 Å². The molecular weight excluding hydrogens is 299 g/mol. The summed E-state index contributed by atoms with van der Waals surface area (Å²) < 4.78 is 37.4. The second-order valence-corrected chi connectivity index (χ2v) is 5.67. The van der Waals surface area contributed by atoms with Gasteiger partial charge in [0.05, 0.1) is 25.1 Å². The standard InChI is InChI=1S/C15H18F3NO3/c16-15(17,18)12-4-2-11(3-5-12)8-13(21)19-7-1-6-14(22,9-19)10-20/h2-5,20,22H,1,6-10H2/t14-/m1/s1. The van der Waals surface area contributed by atoms with E-state index in [9.17, 15) is 23.1 Å². The molecule has 122 valence electrons. The summed E-state index contributed by atoms with van der Waals surface area (Å²) in [5.41, 5.74) is -1.55. The van der Waals surface area contributed by atoms with Crippen LogP contribution in [0.2, 0.25) is 0 Å². The Balaban J connectivity index is 2.00. The number of carbonyl (C=O) groups is 1. The van der Waals surface area contributed by atoms with Crippen LogP contribution in [-0.2, 0) is 17.4 Å². The molecule has 1 aliphatic rings. The summed E-state index contributed by atoms with van der Waals surface area (Å²) in [7, 11) is 0. The lowest BCUT2D eigenvalue weighted by molar-refractivity contribution is -0.140. The lowest BCUT2D eigenvalue weighted by atomic mass is 9.93. The highest BCUT2D eigenvalue weighted by Gasteiger charge is 2.34. The zero-order chi connectivity index (χ0) is 16.4. The lowest BCUT2D eigenvalue weighted by Gasteiger charge is -2.38. The van der Waals surface area contributed by atoms with E-state index in [1.807, 2.05) is 0 Å². The van der Waals surface area contributed by atoms with E-state index >= 15 is 0 Å². The third-order valence-corrected chi connectivity index (χ3v) is 3.84. The molecule has 1 aromatic rings. The average Bonchev–Trinajstić information content (AvgIpc) is 2.47. The zero-order valence-corrected chi connectivity index (χ0v) is 11.9. The van der Waals surface area contributed by atoms with Gasteiger partial charge in [-0.15, -0.1) is 0 Å². The van der Waals surface area contributed by atoms with Crippen LogP contribution in [0.15, 0.2) is 24.3 Å². The van der Waals surface area contributed by atoms with Gasteiger partial charge in [0.2, 0.25) is 5.91 Å². The fourth-order valence-electron chi connectivity index (χ4n) is 2.55. The smallest absolute Gasteiger partial charge is 0.393 e. The van der Waals surface area contributed by atoms with E-state index < -0.39 is 23.9 Å². The van der Waals surface area contributed by atoms with Crippen molar-refractivity contribution in [3.05, 3.63) is 35.4 Å². The van der Waals surface area contributed by atoms with Gasteiger partial charge in [0, 0.05) is 6.54 Å². The molecule has 1 aliphatic heterocycles. The van der Waals surface area contributed by atoms with Crippen LogP contribution in [0.1, 0.15) is 24.0 Å². The van der Waals surface area contributed by atoms with Gasteiger partial charge in [-0.05, 0) is 30.5 Å². The number of likely N-dealkylation sites (tertiary alicyclic amines) is 1. The second kappa shape index (κ2) is 6.26. The summed E-state index contributed by atoms with van der Waals surface area (Å²) in [6.07, 6.45) is -3.42. The number of hydrogen-bond acceptors (Lipinski definition) is 3. The molecule has 2 N–H and O–H groups in total. The van der Waals surface area contributed by atoms with Crippen LogP contribution in [0.4, 0.5) is 13.2 Å². The Kier molecular flexibility index (Phi) is 4.77. The maximum absolute atomic E-state index is 12.5. The number of halogens is 3. The number of β-amino-alcohol motifs (C(OH)–C–C–N with tert-alkyl or cyclic N) is 1. The van der Waals surface area contributed by atoms with Crippen molar-refractivity contribution in [2.24, 2.45) is 0 Å². The van der Waals surface area contributed by atoms with Crippen LogP contribution in [0, 0.1) is 0 Å². The van der Waals surface area contributed by atoms with Gasteiger partial charge in [0.15, 0.2) is 0 Å². The van der Waals surface area contributed by atoms with Crippen LogP contribution >= 0.6 is 0 Å². The van der Waals surface area contributed by atoms with E-state index in [1.165, 1.54) is 17.0 Å². The first-order valence-corrected chi connectivity index (χ1v) is 7.01. The summed E-state index contributed by atoms with van der Waals surface area (Å²) in [5.74, 6) is -0.272. The van der Waals surface area contributed by atoms with E-state index in [2.05, 4.69) is 0 Å².